The molecule has 0 aliphatic rings. The molecule has 0 saturated heterocycles. The van der Waals surface area contributed by atoms with Gasteiger partial charge in [-0.25, -0.2) is 9.97 Å². The van der Waals surface area contributed by atoms with Crippen molar-refractivity contribution in [2.45, 2.75) is 0 Å². The van der Waals surface area contributed by atoms with Gasteiger partial charge in [-0.05, 0) is 36.4 Å². The van der Waals surface area contributed by atoms with E-state index in [1.54, 1.807) is 0 Å². The molecule has 1 aromatic heterocycles. The SMILES string of the molecule is Clc1ccc2nc(-c3cc(Br)cc(Br)c3)nc(-c3ccccc3)c2c1. The number of hydrogen-bond donors (Lipinski definition) is 0. The monoisotopic (exact) mass is 472 g/mol. The number of halogens is 3. The Bertz CT molecular complexity index is 1060. The molecular weight excluding hydrogens is 463 g/mol. The number of aromatic nitrogens is 2. The average molecular weight is 475 g/mol. The molecule has 0 unspecified atom stereocenters. The van der Waals surface area contributed by atoms with E-state index in [0.29, 0.717) is 10.8 Å². The first-order valence-corrected chi connectivity index (χ1v) is 9.56. The van der Waals surface area contributed by atoms with Gasteiger partial charge in [-0.3, -0.25) is 0 Å². The van der Waals surface area contributed by atoms with E-state index in [1.807, 2.05) is 66.7 Å². The Morgan fingerprint density at radius 3 is 2.16 bits per heavy atom. The lowest BCUT2D eigenvalue weighted by molar-refractivity contribution is 1.23. The van der Waals surface area contributed by atoms with E-state index in [2.05, 4.69) is 31.9 Å². The van der Waals surface area contributed by atoms with Crippen LogP contribution in [0.2, 0.25) is 5.02 Å². The topological polar surface area (TPSA) is 25.8 Å². The Labute approximate surface area is 167 Å². The van der Waals surface area contributed by atoms with Gasteiger partial charge in [0.1, 0.15) is 0 Å². The fourth-order valence-electron chi connectivity index (χ4n) is 2.73. The van der Waals surface area contributed by atoms with Crippen LogP contribution in [-0.4, -0.2) is 9.97 Å². The first kappa shape index (κ1) is 16.7. The summed E-state index contributed by atoms with van der Waals surface area (Å²) in [5, 5.41) is 1.61. The summed E-state index contributed by atoms with van der Waals surface area (Å²) in [5.41, 5.74) is 3.71. The summed E-state index contributed by atoms with van der Waals surface area (Å²) >= 11 is 13.3. The van der Waals surface area contributed by atoms with Crippen LogP contribution >= 0.6 is 43.5 Å². The Hall–Kier alpha value is -1.75. The molecule has 0 radical (unpaired) electrons. The van der Waals surface area contributed by atoms with E-state index in [1.165, 1.54) is 0 Å². The van der Waals surface area contributed by atoms with Crippen molar-refractivity contribution in [3.63, 3.8) is 0 Å². The smallest absolute Gasteiger partial charge is 0.160 e. The minimum absolute atomic E-state index is 0.672. The minimum Gasteiger partial charge on any atom is -0.228 e. The molecule has 0 aliphatic heterocycles. The zero-order valence-electron chi connectivity index (χ0n) is 12.9. The molecule has 0 N–H and O–H groups in total. The zero-order chi connectivity index (χ0) is 17.4. The zero-order valence-corrected chi connectivity index (χ0v) is 16.8. The molecule has 0 spiro atoms. The molecule has 4 aromatic rings. The highest BCUT2D eigenvalue weighted by Crippen LogP contribution is 2.32. The average Bonchev–Trinajstić information content (AvgIpc) is 2.61. The van der Waals surface area contributed by atoms with Crippen LogP contribution in [0.5, 0.6) is 0 Å². The van der Waals surface area contributed by atoms with Gasteiger partial charge in [0.25, 0.3) is 0 Å². The van der Waals surface area contributed by atoms with E-state index in [-0.39, 0.29) is 0 Å². The fourth-order valence-corrected chi connectivity index (χ4v) is 4.19. The standard InChI is InChI=1S/C20H11Br2ClN2/c21-14-8-13(9-15(22)10-14)20-24-18-7-6-16(23)11-17(18)19(25-20)12-4-2-1-3-5-12/h1-11H. The maximum atomic E-state index is 6.21. The number of hydrogen-bond acceptors (Lipinski definition) is 2. The molecule has 0 fully saturated rings. The van der Waals surface area contributed by atoms with Crippen molar-refractivity contribution < 1.29 is 0 Å². The summed E-state index contributed by atoms with van der Waals surface area (Å²) in [6.45, 7) is 0. The normalized spacial score (nSPS) is 11.0. The molecule has 0 aliphatic carbocycles. The van der Waals surface area contributed by atoms with E-state index >= 15 is 0 Å². The summed E-state index contributed by atoms with van der Waals surface area (Å²) in [5.74, 6) is 0.677. The summed E-state index contributed by atoms with van der Waals surface area (Å²) in [6.07, 6.45) is 0. The van der Waals surface area contributed by atoms with Gasteiger partial charge in [-0.15, -0.1) is 0 Å². The highest BCUT2D eigenvalue weighted by Gasteiger charge is 2.12. The molecule has 0 amide bonds. The van der Waals surface area contributed by atoms with Crippen molar-refractivity contribution in [2.24, 2.45) is 0 Å². The van der Waals surface area contributed by atoms with E-state index < -0.39 is 0 Å². The third kappa shape index (κ3) is 3.47. The van der Waals surface area contributed by atoms with E-state index in [0.717, 1.165) is 36.7 Å². The molecule has 3 aromatic carbocycles. The quantitative estimate of drug-likeness (QED) is 0.309. The van der Waals surface area contributed by atoms with Gasteiger partial charge in [0.05, 0.1) is 11.2 Å². The van der Waals surface area contributed by atoms with Gasteiger partial charge >= 0.3 is 0 Å². The highest BCUT2D eigenvalue weighted by atomic mass is 79.9. The Kier molecular flexibility index (Phi) is 4.59. The first-order valence-electron chi connectivity index (χ1n) is 7.59. The summed E-state index contributed by atoms with van der Waals surface area (Å²) in [7, 11) is 0. The summed E-state index contributed by atoms with van der Waals surface area (Å²) < 4.78 is 1.94. The maximum absolute atomic E-state index is 6.21. The van der Waals surface area contributed by atoms with Crippen LogP contribution in [0, 0.1) is 0 Å². The van der Waals surface area contributed by atoms with Gasteiger partial charge in [0.2, 0.25) is 0 Å². The second kappa shape index (κ2) is 6.87. The van der Waals surface area contributed by atoms with Crippen LogP contribution in [0.3, 0.4) is 0 Å². The molecule has 4 rings (SSSR count). The fraction of sp³-hybridized carbons (Fsp3) is 0. The van der Waals surface area contributed by atoms with Crippen LogP contribution < -0.4 is 0 Å². The lowest BCUT2D eigenvalue weighted by atomic mass is 10.1. The number of benzene rings is 3. The first-order chi connectivity index (χ1) is 12.1. The Morgan fingerprint density at radius 1 is 0.720 bits per heavy atom. The molecule has 0 saturated carbocycles. The van der Waals surface area contributed by atoms with Crippen molar-refractivity contribution in [2.75, 3.05) is 0 Å². The van der Waals surface area contributed by atoms with Crippen LogP contribution in [0.25, 0.3) is 33.5 Å². The van der Waals surface area contributed by atoms with E-state index in [9.17, 15) is 0 Å². The lowest BCUT2D eigenvalue weighted by Crippen LogP contribution is -1.95. The minimum atomic E-state index is 0.672. The second-order valence-electron chi connectivity index (χ2n) is 5.58. The molecule has 1 heterocycles. The molecule has 5 heteroatoms. The number of rotatable bonds is 2. The number of fused-ring (bicyclic) bond motifs is 1. The van der Waals surface area contributed by atoms with Crippen molar-refractivity contribution in [3.8, 4) is 22.6 Å². The van der Waals surface area contributed by atoms with Crippen molar-refractivity contribution >= 4 is 54.4 Å². The van der Waals surface area contributed by atoms with Gasteiger partial charge in [-0.2, -0.15) is 0 Å². The van der Waals surface area contributed by atoms with Gasteiger partial charge in [0.15, 0.2) is 5.82 Å². The van der Waals surface area contributed by atoms with Crippen LogP contribution in [0.15, 0.2) is 75.7 Å². The predicted octanol–water partition coefficient (Wildman–Crippen LogP) is 7.14. The van der Waals surface area contributed by atoms with Crippen molar-refractivity contribution in [1.29, 1.82) is 0 Å². The summed E-state index contributed by atoms with van der Waals surface area (Å²) in [6, 6.07) is 21.8. The molecular formula is C20H11Br2ClN2. The number of nitrogens with zero attached hydrogens (tertiary/aromatic N) is 2. The second-order valence-corrected chi connectivity index (χ2v) is 7.85. The third-order valence-electron chi connectivity index (χ3n) is 3.83. The van der Waals surface area contributed by atoms with Gasteiger partial charge in [-0.1, -0.05) is 73.8 Å². The van der Waals surface area contributed by atoms with Gasteiger partial charge in [0, 0.05) is 30.5 Å². The van der Waals surface area contributed by atoms with Crippen LogP contribution in [0.4, 0.5) is 0 Å². The summed E-state index contributed by atoms with van der Waals surface area (Å²) in [4.78, 5) is 9.60. The largest absolute Gasteiger partial charge is 0.228 e. The highest BCUT2D eigenvalue weighted by molar-refractivity contribution is 9.11. The maximum Gasteiger partial charge on any atom is 0.160 e. The Balaban J connectivity index is 2.03. The van der Waals surface area contributed by atoms with Crippen LogP contribution in [-0.2, 0) is 0 Å². The van der Waals surface area contributed by atoms with Gasteiger partial charge < -0.3 is 0 Å². The third-order valence-corrected chi connectivity index (χ3v) is 4.98. The molecule has 0 bridgehead atoms. The molecule has 122 valence electrons. The lowest BCUT2D eigenvalue weighted by Gasteiger charge is -2.10. The Morgan fingerprint density at radius 2 is 1.44 bits per heavy atom. The van der Waals surface area contributed by atoms with Crippen LogP contribution in [0.1, 0.15) is 0 Å². The molecule has 2 nitrogen and oxygen atoms in total. The predicted molar refractivity (Wildman–Crippen MR) is 111 cm³/mol. The van der Waals surface area contributed by atoms with Crippen molar-refractivity contribution in [1.82, 2.24) is 9.97 Å². The van der Waals surface area contributed by atoms with E-state index in [4.69, 9.17) is 21.6 Å². The molecule has 0 atom stereocenters. The van der Waals surface area contributed by atoms with Crippen molar-refractivity contribution in [3.05, 3.63) is 80.7 Å². The molecule has 25 heavy (non-hydrogen) atoms.